The second kappa shape index (κ2) is 9.78. The van der Waals surface area contributed by atoms with E-state index in [1.54, 1.807) is 65.6 Å². The van der Waals surface area contributed by atoms with Crippen LogP contribution in [-0.2, 0) is 9.53 Å². The minimum atomic E-state index is -1.05. The van der Waals surface area contributed by atoms with E-state index in [4.69, 9.17) is 9.15 Å². The van der Waals surface area contributed by atoms with Gasteiger partial charge in [-0.05, 0) is 73.3 Å². The molecule has 182 valence electrons. The molecule has 1 aromatic heterocycles. The van der Waals surface area contributed by atoms with Crippen LogP contribution in [-0.4, -0.2) is 72.2 Å². The molecule has 2 N–H and O–H groups in total. The third-order valence-electron chi connectivity index (χ3n) is 4.88. The normalized spacial score (nSPS) is 12.1. The Morgan fingerprint density at radius 1 is 1.09 bits per heavy atom. The highest BCUT2D eigenvalue weighted by atomic mass is 16.6. The van der Waals surface area contributed by atoms with Crippen molar-refractivity contribution in [2.45, 2.75) is 52.7 Å². The van der Waals surface area contributed by atoms with Crippen LogP contribution in [0.5, 0.6) is 0 Å². The summed E-state index contributed by atoms with van der Waals surface area (Å²) in [4.78, 5) is 45.7. The van der Waals surface area contributed by atoms with Crippen molar-refractivity contribution in [2.75, 3.05) is 44.9 Å². The molecule has 10 heteroatoms. The molecule has 0 spiro atoms. The number of rotatable bonds is 7. The van der Waals surface area contributed by atoms with E-state index in [1.807, 2.05) is 19.0 Å². The quantitative estimate of drug-likeness (QED) is 0.646. The molecule has 1 heterocycles. The minimum Gasteiger partial charge on any atom is -0.444 e. The fraction of sp³-hybridized carbons (Fsp3) is 0.565. The SMILES string of the molecule is Cc1c(NC(=O)OC(C)(C)C)ccc2nc(NC(C)(C)C(=O)N(C)CCN(C)C)oc(=O)c12. The Morgan fingerprint density at radius 2 is 1.73 bits per heavy atom. The summed E-state index contributed by atoms with van der Waals surface area (Å²) < 4.78 is 10.6. The van der Waals surface area contributed by atoms with E-state index < -0.39 is 22.9 Å². The number of ether oxygens (including phenoxy) is 1. The molecular weight excluding hydrogens is 426 g/mol. The first-order valence-corrected chi connectivity index (χ1v) is 10.7. The van der Waals surface area contributed by atoms with E-state index >= 15 is 0 Å². The molecule has 0 saturated carbocycles. The average molecular weight is 462 g/mol. The molecule has 0 aliphatic rings. The number of likely N-dealkylation sites (N-methyl/N-ethyl adjacent to an activating group) is 2. The van der Waals surface area contributed by atoms with E-state index in [2.05, 4.69) is 15.6 Å². The number of carbonyl (C=O) groups is 2. The van der Waals surface area contributed by atoms with Crippen LogP contribution in [0.25, 0.3) is 10.9 Å². The second-order valence-corrected chi connectivity index (χ2v) is 9.85. The molecule has 0 unspecified atom stereocenters. The lowest BCUT2D eigenvalue weighted by Crippen LogP contribution is -2.50. The van der Waals surface area contributed by atoms with Crippen LogP contribution in [0, 0.1) is 6.92 Å². The van der Waals surface area contributed by atoms with Gasteiger partial charge in [0.2, 0.25) is 5.91 Å². The van der Waals surface area contributed by atoms with Gasteiger partial charge in [-0.1, -0.05) is 0 Å². The van der Waals surface area contributed by atoms with Gasteiger partial charge in [0.25, 0.3) is 6.01 Å². The van der Waals surface area contributed by atoms with Crippen molar-refractivity contribution in [2.24, 2.45) is 0 Å². The Hall–Kier alpha value is -3.14. The van der Waals surface area contributed by atoms with Gasteiger partial charge in [0, 0.05) is 25.8 Å². The summed E-state index contributed by atoms with van der Waals surface area (Å²) in [6.45, 7) is 11.7. The van der Waals surface area contributed by atoms with E-state index in [0.29, 0.717) is 23.3 Å². The molecule has 1 aromatic carbocycles. The molecule has 0 bridgehead atoms. The van der Waals surface area contributed by atoms with Crippen molar-refractivity contribution in [3.05, 3.63) is 28.1 Å². The van der Waals surface area contributed by atoms with Gasteiger partial charge in [0.15, 0.2) is 0 Å². The summed E-state index contributed by atoms with van der Waals surface area (Å²) in [6.07, 6.45) is -0.626. The maximum absolute atomic E-state index is 12.9. The predicted molar refractivity (Wildman–Crippen MR) is 129 cm³/mol. The molecule has 0 saturated heterocycles. The van der Waals surface area contributed by atoms with E-state index in [9.17, 15) is 14.4 Å². The Morgan fingerprint density at radius 3 is 2.30 bits per heavy atom. The number of nitrogens with one attached hydrogen (secondary N) is 2. The number of nitrogens with zero attached hydrogens (tertiary/aromatic N) is 3. The summed E-state index contributed by atoms with van der Waals surface area (Å²) >= 11 is 0. The van der Waals surface area contributed by atoms with Crippen molar-refractivity contribution >= 4 is 34.6 Å². The third kappa shape index (κ3) is 6.92. The molecular formula is C23H35N5O5. The number of hydrogen-bond acceptors (Lipinski definition) is 8. The Labute approximate surface area is 194 Å². The van der Waals surface area contributed by atoms with E-state index in [1.165, 1.54) is 0 Å². The molecule has 0 aliphatic carbocycles. The van der Waals surface area contributed by atoms with Crippen molar-refractivity contribution in [3.63, 3.8) is 0 Å². The molecule has 0 atom stereocenters. The first-order valence-electron chi connectivity index (χ1n) is 10.7. The van der Waals surface area contributed by atoms with Crippen LogP contribution in [0.1, 0.15) is 40.2 Å². The number of benzene rings is 1. The van der Waals surface area contributed by atoms with Crippen molar-refractivity contribution in [1.82, 2.24) is 14.8 Å². The maximum Gasteiger partial charge on any atom is 0.412 e. The minimum absolute atomic E-state index is 0.0564. The van der Waals surface area contributed by atoms with Crippen LogP contribution in [0.2, 0.25) is 0 Å². The van der Waals surface area contributed by atoms with Gasteiger partial charge in [0.1, 0.15) is 11.1 Å². The van der Waals surface area contributed by atoms with Crippen molar-refractivity contribution in [3.8, 4) is 0 Å². The average Bonchev–Trinajstić information content (AvgIpc) is 2.65. The first kappa shape index (κ1) is 26.1. The number of amides is 2. The molecule has 0 aliphatic heterocycles. The zero-order valence-corrected chi connectivity index (χ0v) is 21.0. The first-order chi connectivity index (χ1) is 15.1. The number of fused-ring (bicyclic) bond motifs is 1. The predicted octanol–water partition coefficient (Wildman–Crippen LogP) is 3.05. The summed E-state index contributed by atoms with van der Waals surface area (Å²) in [6, 6.07) is 3.19. The summed E-state index contributed by atoms with van der Waals surface area (Å²) in [7, 11) is 5.60. The van der Waals surface area contributed by atoms with E-state index in [-0.39, 0.29) is 17.3 Å². The Kier molecular flexibility index (Phi) is 7.74. The van der Waals surface area contributed by atoms with Gasteiger partial charge in [0.05, 0.1) is 10.9 Å². The molecule has 2 amide bonds. The zero-order valence-electron chi connectivity index (χ0n) is 21.0. The fourth-order valence-corrected chi connectivity index (χ4v) is 3.17. The largest absolute Gasteiger partial charge is 0.444 e. The molecule has 10 nitrogen and oxygen atoms in total. The van der Waals surface area contributed by atoms with Gasteiger partial charge in [-0.25, -0.2) is 9.59 Å². The van der Waals surface area contributed by atoms with Crippen molar-refractivity contribution in [1.29, 1.82) is 0 Å². The highest BCUT2D eigenvalue weighted by molar-refractivity contribution is 5.93. The summed E-state index contributed by atoms with van der Waals surface area (Å²) in [5, 5.41) is 5.82. The van der Waals surface area contributed by atoms with Crippen LogP contribution in [0.3, 0.4) is 0 Å². The number of anilines is 2. The lowest BCUT2D eigenvalue weighted by atomic mass is 10.0. The van der Waals surface area contributed by atoms with Crippen LogP contribution >= 0.6 is 0 Å². The van der Waals surface area contributed by atoms with E-state index in [0.717, 1.165) is 6.54 Å². The zero-order chi connectivity index (χ0) is 25.1. The van der Waals surface area contributed by atoms with Gasteiger partial charge in [-0.15, -0.1) is 0 Å². The molecule has 33 heavy (non-hydrogen) atoms. The van der Waals surface area contributed by atoms with Gasteiger partial charge in [-0.2, -0.15) is 4.98 Å². The highest BCUT2D eigenvalue weighted by Gasteiger charge is 2.32. The molecule has 2 aromatic rings. The molecule has 0 radical (unpaired) electrons. The molecule has 0 fully saturated rings. The standard InChI is InChI=1S/C23H35N5O5/c1-14-15(25-21(31)33-22(2,3)4)10-11-16-17(14)18(29)32-20(24-16)26-23(5,6)19(30)28(9)13-12-27(7)8/h10-11H,12-13H2,1-9H3,(H,24,26)(H,25,31). The lowest BCUT2D eigenvalue weighted by molar-refractivity contribution is -0.133. The Balaban J connectivity index is 2.28. The van der Waals surface area contributed by atoms with Gasteiger partial charge < -0.3 is 24.3 Å². The second-order valence-electron chi connectivity index (χ2n) is 9.85. The topological polar surface area (TPSA) is 117 Å². The van der Waals surface area contributed by atoms with Crippen molar-refractivity contribution < 1.29 is 18.7 Å². The Bertz CT molecular complexity index is 1090. The monoisotopic (exact) mass is 461 g/mol. The van der Waals surface area contributed by atoms with Gasteiger partial charge >= 0.3 is 11.7 Å². The third-order valence-corrected chi connectivity index (χ3v) is 4.88. The van der Waals surface area contributed by atoms with Crippen LogP contribution in [0.4, 0.5) is 16.5 Å². The van der Waals surface area contributed by atoms with Gasteiger partial charge in [-0.3, -0.25) is 10.1 Å². The van der Waals surface area contributed by atoms with Crippen LogP contribution < -0.4 is 16.3 Å². The molecule has 2 rings (SSSR count). The number of aryl methyl sites for hydroxylation is 1. The number of carbonyl (C=O) groups excluding carboxylic acids is 2. The summed E-state index contributed by atoms with van der Waals surface area (Å²) in [5.74, 6) is -0.165. The number of hydrogen-bond donors (Lipinski definition) is 2. The maximum atomic E-state index is 12.9. The van der Waals surface area contributed by atoms with Crippen LogP contribution in [0.15, 0.2) is 21.3 Å². The fourth-order valence-electron chi connectivity index (χ4n) is 3.17. The highest BCUT2D eigenvalue weighted by Crippen LogP contribution is 2.25. The lowest BCUT2D eigenvalue weighted by Gasteiger charge is -2.30. The number of aromatic nitrogens is 1. The smallest absolute Gasteiger partial charge is 0.412 e. The summed E-state index contributed by atoms with van der Waals surface area (Å²) in [5.41, 5.74) is -1.03.